The predicted molar refractivity (Wildman–Crippen MR) is 94.3 cm³/mol. The first-order valence-electron chi connectivity index (χ1n) is 8.20. The Kier molecular flexibility index (Phi) is 4.12. The highest BCUT2D eigenvalue weighted by molar-refractivity contribution is 5.96. The van der Waals surface area contributed by atoms with Crippen LogP contribution in [0.1, 0.15) is 40.2 Å². The molecule has 1 aliphatic heterocycles. The van der Waals surface area contributed by atoms with Gasteiger partial charge in [-0.25, -0.2) is 0 Å². The zero-order chi connectivity index (χ0) is 16.6. The summed E-state index contributed by atoms with van der Waals surface area (Å²) >= 11 is 0. The number of aromatic nitrogens is 1. The average molecular weight is 308 g/mol. The van der Waals surface area contributed by atoms with Gasteiger partial charge in [0.25, 0.3) is 5.91 Å². The van der Waals surface area contributed by atoms with E-state index in [4.69, 9.17) is 0 Å². The first-order chi connectivity index (χ1) is 11.0. The lowest BCUT2D eigenvalue weighted by molar-refractivity contribution is 0.0743. The van der Waals surface area contributed by atoms with E-state index < -0.39 is 0 Å². The van der Waals surface area contributed by atoms with Crippen molar-refractivity contribution < 1.29 is 4.79 Å². The lowest BCUT2D eigenvalue weighted by atomic mass is 10.0. The van der Waals surface area contributed by atoms with E-state index in [2.05, 4.69) is 37.1 Å². The topological polar surface area (TPSA) is 25.2 Å². The summed E-state index contributed by atoms with van der Waals surface area (Å²) in [6.07, 6.45) is 1.84. The molecule has 0 unspecified atom stereocenters. The molecule has 3 heteroatoms. The fourth-order valence-electron chi connectivity index (χ4n) is 3.36. The Morgan fingerprint density at radius 2 is 1.74 bits per heavy atom. The Hall–Kier alpha value is -2.29. The third-order valence-corrected chi connectivity index (χ3v) is 4.78. The van der Waals surface area contributed by atoms with E-state index in [0.717, 1.165) is 48.6 Å². The van der Waals surface area contributed by atoms with Crippen LogP contribution in [0.2, 0.25) is 0 Å². The van der Waals surface area contributed by atoms with Gasteiger partial charge in [-0.3, -0.25) is 4.79 Å². The van der Waals surface area contributed by atoms with Crippen LogP contribution < -0.4 is 0 Å². The van der Waals surface area contributed by atoms with Crippen LogP contribution in [0.5, 0.6) is 0 Å². The van der Waals surface area contributed by atoms with E-state index in [-0.39, 0.29) is 5.91 Å². The van der Waals surface area contributed by atoms with Gasteiger partial charge in [0.05, 0.1) is 5.56 Å². The highest BCUT2D eigenvalue weighted by atomic mass is 16.2. The molecule has 1 aromatic heterocycles. The van der Waals surface area contributed by atoms with Gasteiger partial charge in [0.1, 0.15) is 0 Å². The number of hydrogen-bond donors (Lipinski definition) is 0. The van der Waals surface area contributed by atoms with Gasteiger partial charge in [-0.1, -0.05) is 30.4 Å². The zero-order valence-electron chi connectivity index (χ0n) is 14.2. The summed E-state index contributed by atoms with van der Waals surface area (Å²) in [5.41, 5.74) is 6.54. The van der Waals surface area contributed by atoms with E-state index in [1.165, 1.54) is 11.1 Å². The summed E-state index contributed by atoms with van der Waals surface area (Å²) in [6.45, 7) is 11.8. The van der Waals surface area contributed by atoms with Crippen LogP contribution in [0.25, 0.3) is 5.69 Å². The van der Waals surface area contributed by atoms with Crippen molar-refractivity contribution in [2.45, 2.75) is 33.6 Å². The van der Waals surface area contributed by atoms with Crippen LogP contribution in [0.3, 0.4) is 0 Å². The molecule has 0 atom stereocenters. The summed E-state index contributed by atoms with van der Waals surface area (Å²) in [5, 5.41) is 0. The smallest absolute Gasteiger partial charge is 0.255 e. The van der Waals surface area contributed by atoms with Gasteiger partial charge in [-0.15, -0.1) is 0 Å². The summed E-state index contributed by atoms with van der Waals surface area (Å²) < 4.78 is 2.19. The van der Waals surface area contributed by atoms with E-state index >= 15 is 0 Å². The van der Waals surface area contributed by atoms with Crippen LogP contribution in [0, 0.1) is 20.8 Å². The number of hydrogen-bond acceptors (Lipinski definition) is 1. The quantitative estimate of drug-likeness (QED) is 0.764. The number of para-hydroxylation sites is 1. The SMILES string of the molecule is C=C1CCN(C(=O)c2cc(C)n(-c3ccccc3C)c2C)CC1. The standard InChI is InChI=1S/C20H24N2O/c1-14-9-11-21(12-10-14)20(23)18-13-16(3)22(17(18)4)19-8-6-5-7-15(19)2/h5-8,13H,1,9-12H2,2-4H3. The maximum Gasteiger partial charge on any atom is 0.255 e. The molecule has 1 saturated heterocycles. The average Bonchev–Trinajstić information content (AvgIpc) is 2.83. The summed E-state index contributed by atoms with van der Waals surface area (Å²) in [6, 6.07) is 10.3. The van der Waals surface area contributed by atoms with E-state index in [0.29, 0.717) is 0 Å². The number of carbonyl (C=O) groups excluding carboxylic acids is 1. The Morgan fingerprint density at radius 1 is 1.09 bits per heavy atom. The molecule has 0 aliphatic carbocycles. The molecular formula is C20H24N2O. The number of likely N-dealkylation sites (tertiary alicyclic amines) is 1. The molecule has 0 spiro atoms. The first-order valence-corrected chi connectivity index (χ1v) is 8.20. The van der Waals surface area contributed by atoms with Gasteiger partial charge in [0, 0.05) is 30.2 Å². The van der Waals surface area contributed by atoms with Crippen LogP contribution in [-0.2, 0) is 0 Å². The fourth-order valence-corrected chi connectivity index (χ4v) is 3.36. The molecular weight excluding hydrogens is 284 g/mol. The number of amides is 1. The molecule has 2 heterocycles. The van der Waals surface area contributed by atoms with Crippen molar-refractivity contribution in [2.24, 2.45) is 0 Å². The molecule has 0 radical (unpaired) electrons. The van der Waals surface area contributed by atoms with Gasteiger partial charge in [-0.05, 0) is 51.3 Å². The maximum absolute atomic E-state index is 12.9. The van der Waals surface area contributed by atoms with Crippen molar-refractivity contribution in [1.82, 2.24) is 9.47 Å². The fraction of sp³-hybridized carbons (Fsp3) is 0.350. The van der Waals surface area contributed by atoms with E-state index in [9.17, 15) is 4.79 Å². The maximum atomic E-state index is 12.9. The second-order valence-electron chi connectivity index (χ2n) is 6.45. The van der Waals surface area contributed by atoms with Gasteiger partial charge in [0.2, 0.25) is 0 Å². The molecule has 2 aromatic rings. The van der Waals surface area contributed by atoms with Crippen LogP contribution in [0.4, 0.5) is 0 Å². The Bertz CT molecular complexity index is 760. The lowest BCUT2D eigenvalue weighted by Crippen LogP contribution is -2.36. The molecule has 120 valence electrons. The second kappa shape index (κ2) is 6.07. The van der Waals surface area contributed by atoms with Crippen molar-refractivity contribution in [3.8, 4) is 5.69 Å². The molecule has 3 rings (SSSR count). The van der Waals surface area contributed by atoms with Gasteiger partial charge in [0.15, 0.2) is 0 Å². The van der Waals surface area contributed by atoms with Crippen molar-refractivity contribution in [2.75, 3.05) is 13.1 Å². The number of carbonyl (C=O) groups is 1. The van der Waals surface area contributed by atoms with Crippen molar-refractivity contribution in [1.29, 1.82) is 0 Å². The number of rotatable bonds is 2. The van der Waals surface area contributed by atoms with Crippen molar-refractivity contribution >= 4 is 5.91 Å². The number of aryl methyl sites for hydroxylation is 2. The summed E-state index contributed by atoms with van der Waals surface area (Å²) in [5.74, 6) is 0.144. The molecule has 1 amide bonds. The van der Waals surface area contributed by atoms with E-state index in [1.807, 2.05) is 30.0 Å². The van der Waals surface area contributed by atoms with Crippen molar-refractivity contribution in [3.05, 3.63) is 65.0 Å². The summed E-state index contributed by atoms with van der Waals surface area (Å²) in [4.78, 5) is 14.8. The van der Waals surface area contributed by atoms with E-state index in [1.54, 1.807) is 0 Å². The molecule has 0 N–H and O–H groups in total. The first kappa shape index (κ1) is 15.6. The molecule has 0 saturated carbocycles. The highest BCUT2D eigenvalue weighted by Gasteiger charge is 2.24. The van der Waals surface area contributed by atoms with Crippen LogP contribution in [0.15, 0.2) is 42.5 Å². The molecule has 1 aromatic carbocycles. The van der Waals surface area contributed by atoms with Crippen LogP contribution >= 0.6 is 0 Å². The number of piperidine rings is 1. The van der Waals surface area contributed by atoms with Gasteiger partial charge < -0.3 is 9.47 Å². The Labute approximate surface area is 138 Å². The minimum atomic E-state index is 0.144. The molecule has 1 aliphatic rings. The molecule has 23 heavy (non-hydrogen) atoms. The largest absolute Gasteiger partial charge is 0.338 e. The minimum absolute atomic E-state index is 0.144. The Balaban J connectivity index is 1.96. The number of nitrogens with zero attached hydrogens (tertiary/aromatic N) is 2. The minimum Gasteiger partial charge on any atom is -0.338 e. The zero-order valence-corrected chi connectivity index (χ0v) is 14.2. The van der Waals surface area contributed by atoms with Gasteiger partial charge in [-0.2, -0.15) is 0 Å². The third-order valence-electron chi connectivity index (χ3n) is 4.78. The molecule has 1 fully saturated rings. The highest BCUT2D eigenvalue weighted by Crippen LogP contribution is 2.25. The molecule has 0 bridgehead atoms. The van der Waals surface area contributed by atoms with Crippen LogP contribution in [-0.4, -0.2) is 28.5 Å². The monoisotopic (exact) mass is 308 g/mol. The van der Waals surface area contributed by atoms with Gasteiger partial charge >= 0.3 is 0 Å². The summed E-state index contributed by atoms with van der Waals surface area (Å²) in [7, 11) is 0. The Morgan fingerprint density at radius 3 is 2.39 bits per heavy atom. The number of benzene rings is 1. The predicted octanol–water partition coefficient (Wildman–Crippen LogP) is 4.19. The second-order valence-corrected chi connectivity index (χ2v) is 6.45. The van der Waals surface area contributed by atoms with Crippen molar-refractivity contribution in [3.63, 3.8) is 0 Å². The normalized spacial score (nSPS) is 15.1. The third kappa shape index (κ3) is 2.83. The molecule has 3 nitrogen and oxygen atoms in total. The lowest BCUT2D eigenvalue weighted by Gasteiger charge is -2.28.